The maximum absolute atomic E-state index is 12.8. The maximum Gasteiger partial charge on any atom is 0.293 e. The summed E-state index contributed by atoms with van der Waals surface area (Å²) in [6.45, 7) is 2.25. The predicted octanol–water partition coefficient (Wildman–Crippen LogP) is 1.08. The van der Waals surface area contributed by atoms with Gasteiger partial charge in [-0.1, -0.05) is 30.2 Å². The van der Waals surface area contributed by atoms with Crippen LogP contribution in [-0.4, -0.2) is 60.5 Å². The molecule has 3 aromatic rings. The van der Waals surface area contributed by atoms with E-state index in [-0.39, 0.29) is 23.1 Å². The molecular weight excluding hydrogens is 402 g/mol. The molecule has 1 fully saturated rings. The maximum atomic E-state index is 12.8. The van der Waals surface area contributed by atoms with Crippen molar-refractivity contribution in [1.82, 2.24) is 35.6 Å². The van der Waals surface area contributed by atoms with Crippen molar-refractivity contribution < 1.29 is 14.5 Å². The lowest BCUT2D eigenvalue weighted by Gasteiger charge is -2.20. The van der Waals surface area contributed by atoms with Crippen LogP contribution >= 0.6 is 0 Å². The number of anilines is 1. The van der Waals surface area contributed by atoms with Crippen LogP contribution in [0.5, 0.6) is 5.75 Å². The molecule has 3 heterocycles. The van der Waals surface area contributed by atoms with E-state index in [0.717, 1.165) is 25.9 Å². The second-order valence-electron chi connectivity index (χ2n) is 7.22. The fourth-order valence-corrected chi connectivity index (χ4v) is 3.44. The SMILES string of the molecule is Nc1nonc1-n1nnc(C(=O)N/N=C/c2ccccc2O)c1CN1CCCCCC1. The molecule has 1 aliphatic rings. The zero-order chi connectivity index (χ0) is 21.6. The Kier molecular flexibility index (Phi) is 6.17. The van der Waals surface area contributed by atoms with E-state index in [1.807, 2.05) is 0 Å². The van der Waals surface area contributed by atoms with E-state index in [0.29, 0.717) is 17.8 Å². The van der Waals surface area contributed by atoms with Crippen molar-refractivity contribution >= 4 is 17.9 Å². The molecule has 1 aliphatic heterocycles. The lowest BCUT2D eigenvalue weighted by atomic mass is 10.2. The average molecular weight is 425 g/mol. The van der Waals surface area contributed by atoms with Crippen LogP contribution in [0.3, 0.4) is 0 Å². The number of amides is 1. The molecule has 12 heteroatoms. The number of hydrogen-bond acceptors (Lipinski definition) is 10. The van der Waals surface area contributed by atoms with Crippen LogP contribution in [0.15, 0.2) is 34.0 Å². The van der Waals surface area contributed by atoms with Gasteiger partial charge in [0.05, 0.1) is 11.9 Å². The average Bonchev–Trinajstić information content (AvgIpc) is 3.27. The summed E-state index contributed by atoms with van der Waals surface area (Å²) >= 11 is 0. The number of nitrogen functional groups attached to an aromatic ring is 1. The fourth-order valence-electron chi connectivity index (χ4n) is 3.44. The first kappa shape index (κ1) is 20.5. The number of likely N-dealkylation sites (tertiary alicyclic amines) is 1. The van der Waals surface area contributed by atoms with Gasteiger partial charge in [0.25, 0.3) is 5.91 Å². The highest BCUT2D eigenvalue weighted by Gasteiger charge is 2.25. The van der Waals surface area contributed by atoms with E-state index >= 15 is 0 Å². The Hall–Kier alpha value is -3.80. The lowest BCUT2D eigenvalue weighted by molar-refractivity contribution is 0.0947. The predicted molar refractivity (Wildman–Crippen MR) is 111 cm³/mol. The summed E-state index contributed by atoms with van der Waals surface area (Å²) in [5.41, 5.74) is 9.34. The normalized spacial score (nSPS) is 15.2. The smallest absolute Gasteiger partial charge is 0.293 e. The van der Waals surface area contributed by atoms with Crippen LogP contribution in [0, 0.1) is 0 Å². The second kappa shape index (κ2) is 9.34. The molecule has 0 aliphatic carbocycles. The number of aromatic hydroxyl groups is 1. The Morgan fingerprint density at radius 3 is 2.71 bits per heavy atom. The van der Waals surface area contributed by atoms with Crippen LogP contribution in [-0.2, 0) is 6.54 Å². The molecule has 1 saturated heterocycles. The molecule has 12 nitrogen and oxygen atoms in total. The number of carbonyl (C=O) groups excluding carboxylic acids is 1. The third-order valence-corrected chi connectivity index (χ3v) is 5.05. The minimum Gasteiger partial charge on any atom is -0.507 e. The summed E-state index contributed by atoms with van der Waals surface area (Å²) < 4.78 is 6.06. The van der Waals surface area contributed by atoms with Gasteiger partial charge in [-0.15, -0.1) is 5.10 Å². The Balaban J connectivity index is 1.58. The van der Waals surface area contributed by atoms with E-state index in [9.17, 15) is 9.90 Å². The van der Waals surface area contributed by atoms with E-state index < -0.39 is 5.91 Å². The van der Waals surface area contributed by atoms with Gasteiger partial charge in [-0.25, -0.2) is 10.1 Å². The van der Waals surface area contributed by atoms with Crippen molar-refractivity contribution in [3.8, 4) is 11.6 Å². The van der Waals surface area contributed by atoms with Gasteiger partial charge in [-0.2, -0.15) is 9.78 Å². The Morgan fingerprint density at radius 2 is 2.00 bits per heavy atom. The Labute approximate surface area is 177 Å². The first-order valence-electron chi connectivity index (χ1n) is 10.00. The van der Waals surface area contributed by atoms with Crippen LogP contribution in [0.1, 0.15) is 47.4 Å². The monoisotopic (exact) mass is 425 g/mol. The molecule has 162 valence electrons. The highest BCUT2D eigenvalue weighted by Crippen LogP contribution is 2.20. The Morgan fingerprint density at radius 1 is 1.23 bits per heavy atom. The summed E-state index contributed by atoms with van der Waals surface area (Å²) in [5.74, 6) is -0.263. The minimum atomic E-state index is -0.544. The first-order chi connectivity index (χ1) is 15.1. The number of phenolic OH excluding ortho intramolecular Hbond substituents is 1. The molecule has 4 rings (SSSR count). The van der Waals surface area contributed by atoms with E-state index in [2.05, 4.69) is 40.7 Å². The number of nitrogens with one attached hydrogen (secondary N) is 1. The molecule has 0 saturated carbocycles. The van der Waals surface area contributed by atoms with E-state index in [1.165, 1.54) is 29.8 Å². The van der Waals surface area contributed by atoms with Gasteiger partial charge < -0.3 is 10.8 Å². The highest BCUT2D eigenvalue weighted by molar-refractivity contribution is 5.94. The molecule has 1 aromatic carbocycles. The van der Waals surface area contributed by atoms with Crippen molar-refractivity contribution in [3.05, 3.63) is 41.2 Å². The molecule has 4 N–H and O–H groups in total. The number of nitrogens with two attached hydrogens (primary N) is 1. The summed E-state index contributed by atoms with van der Waals surface area (Å²) in [7, 11) is 0. The molecular formula is C19H23N9O3. The minimum absolute atomic E-state index is 0.0477. The molecule has 31 heavy (non-hydrogen) atoms. The summed E-state index contributed by atoms with van der Waals surface area (Å²) in [5, 5.41) is 29.2. The van der Waals surface area contributed by atoms with Crippen LogP contribution in [0.2, 0.25) is 0 Å². The summed E-state index contributed by atoms with van der Waals surface area (Å²) in [6.07, 6.45) is 5.89. The van der Waals surface area contributed by atoms with Gasteiger partial charge in [0.2, 0.25) is 11.6 Å². The van der Waals surface area contributed by atoms with Gasteiger partial charge in [-0.3, -0.25) is 9.69 Å². The Bertz CT molecular complexity index is 1070. The highest BCUT2D eigenvalue weighted by atomic mass is 16.6. The molecule has 0 atom stereocenters. The topological polar surface area (TPSA) is 161 Å². The van der Waals surface area contributed by atoms with Crippen LogP contribution < -0.4 is 11.2 Å². The number of para-hydroxylation sites is 1. The van der Waals surface area contributed by atoms with Gasteiger partial charge in [0.1, 0.15) is 5.75 Å². The molecule has 0 radical (unpaired) electrons. The van der Waals surface area contributed by atoms with E-state index in [4.69, 9.17) is 5.73 Å². The second-order valence-corrected chi connectivity index (χ2v) is 7.22. The number of nitrogens with zero attached hydrogens (tertiary/aromatic N) is 7. The van der Waals surface area contributed by atoms with Gasteiger partial charge >= 0.3 is 0 Å². The van der Waals surface area contributed by atoms with Crippen molar-refractivity contribution in [2.24, 2.45) is 5.10 Å². The molecule has 2 aromatic heterocycles. The van der Waals surface area contributed by atoms with Gasteiger partial charge in [0.15, 0.2) is 5.69 Å². The third-order valence-electron chi connectivity index (χ3n) is 5.05. The van der Waals surface area contributed by atoms with Crippen molar-refractivity contribution in [1.29, 1.82) is 0 Å². The van der Waals surface area contributed by atoms with Crippen molar-refractivity contribution in [2.75, 3.05) is 18.8 Å². The fraction of sp³-hybridized carbons (Fsp3) is 0.368. The number of benzene rings is 1. The molecule has 0 spiro atoms. The number of aromatic nitrogens is 5. The first-order valence-corrected chi connectivity index (χ1v) is 10.00. The molecule has 0 unspecified atom stereocenters. The molecule has 1 amide bonds. The summed E-state index contributed by atoms with van der Waals surface area (Å²) in [6, 6.07) is 6.66. The van der Waals surface area contributed by atoms with Crippen LogP contribution in [0.25, 0.3) is 5.82 Å². The van der Waals surface area contributed by atoms with Crippen molar-refractivity contribution in [2.45, 2.75) is 32.2 Å². The standard InChI is InChI=1S/C19H23N9O3/c20-17-18(25-31-24-17)28-14(12-27-9-5-1-2-6-10-27)16(22-26-28)19(30)23-21-11-13-7-3-4-8-15(13)29/h3-4,7-8,11,29H,1-2,5-6,9-10,12H2,(H2,20,24)(H,23,30)/b21-11+. The third kappa shape index (κ3) is 4.69. The lowest BCUT2D eigenvalue weighted by Crippen LogP contribution is -2.28. The van der Waals surface area contributed by atoms with Crippen molar-refractivity contribution in [3.63, 3.8) is 0 Å². The number of hydrogen-bond donors (Lipinski definition) is 3. The largest absolute Gasteiger partial charge is 0.507 e. The van der Waals surface area contributed by atoms with Gasteiger partial charge in [-0.05, 0) is 48.4 Å². The number of rotatable bonds is 6. The summed E-state index contributed by atoms with van der Waals surface area (Å²) in [4.78, 5) is 15.0. The number of phenols is 1. The quantitative estimate of drug-likeness (QED) is 0.387. The van der Waals surface area contributed by atoms with Crippen LogP contribution in [0.4, 0.5) is 5.82 Å². The zero-order valence-electron chi connectivity index (χ0n) is 16.8. The number of hydrazone groups is 1. The van der Waals surface area contributed by atoms with Gasteiger partial charge in [0, 0.05) is 12.1 Å². The zero-order valence-corrected chi connectivity index (χ0v) is 16.8. The number of carbonyl (C=O) groups is 1. The van der Waals surface area contributed by atoms with E-state index in [1.54, 1.807) is 18.2 Å². The molecule has 0 bridgehead atoms.